The number of methoxy groups -OCH3 is 1. The zero-order valence-corrected chi connectivity index (χ0v) is 19.2. The maximum absolute atomic E-state index is 13.7. The Bertz CT molecular complexity index is 1370. The van der Waals surface area contributed by atoms with Gasteiger partial charge in [-0.05, 0) is 66.1 Å². The summed E-state index contributed by atoms with van der Waals surface area (Å²) in [6, 6.07) is 10.3. The number of aryl methyl sites for hydroxylation is 1. The lowest BCUT2D eigenvalue weighted by Crippen LogP contribution is -2.47. The van der Waals surface area contributed by atoms with Crippen molar-refractivity contribution in [1.82, 2.24) is 28.5 Å². The average Bonchev–Trinajstić information content (AvgIpc) is 3.46. The van der Waals surface area contributed by atoms with E-state index in [2.05, 4.69) is 19.2 Å². The van der Waals surface area contributed by atoms with Crippen LogP contribution in [0.1, 0.15) is 37.7 Å². The minimum absolute atomic E-state index is 0.0257. The largest absolute Gasteiger partial charge is 0.496 e. The van der Waals surface area contributed by atoms with E-state index in [0.717, 1.165) is 64.5 Å². The molecule has 0 bridgehead atoms. The van der Waals surface area contributed by atoms with E-state index >= 15 is 0 Å². The molecule has 1 amide bonds. The number of anilines is 1. The molecule has 0 aliphatic heterocycles. The van der Waals surface area contributed by atoms with Gasteiger partial charge in [-0.1, -0.05) is 25.3 Å². The summed E-state index contributed by atoms with van der Waals surface area (Å²) < 4.78 is 15.8. The van der Waals surface area contributed by atoms with Crippen molar-refractivity contribution in [2.24, 2.45) is 0 Å². The van der Waals surface area contributed by atoms with Crippen LogP contribution in [0.5, 0.6) is 5.75 Å². The van der Waals surface area contributed by atoms with Crippen molar-refractivity contribution in [1.29, 1.82) is 0 Å². The number of ether oxygens (including phenoxy) is 1. The highest BCUT2D eigenvalue weighted by Gasteiger charge is 2.31. The predicted molar refractivity (Wildman–Crippen MR) is 124 cm³/mol. The van der Waals surface area contributed by atoms with Crippen LogP contribution in [-0.2, 0) is 0 Å². The molecule has 0 unspecified atom stereocenters. The normalized spacial score (nSPS) is 14.5. The lowest BCUT2D eigenvalue weighted by atomic mass is 9.94. The first-order valence-electron chi connectivity index (χ1n) is 10.8. The number of benzene rings is 2. The summed E-state index contributed by atoms with van der Waals surface area (Å²) >= 11 is 1.05. The van der Waals surface area contributed by atoms with Gasteiger partial charge in [0.25, 0.3) is 0 Å². The summed E-state index contributed by atoms with van der Waals surface area (Å²) in [5.74, 6) is 0.739. The van der Waals surface area contributed by atoms with Crippen molar-refractivity contribution in [3.63, 3.8) is 0 Å². The minimum Gasteiger partial charge on any atom is -0.496 e. The van der Waals surface area contributed by atoms with Crippen LogP contribution in [0.3, 0.4) is 0 Å². The summed E-state index contributed by atoms with van der Waals surface area (Å²) in [6.45, 7) is 1.93. The molecule has 1 fully saturated rings. The number of nitrogens with zero attached hydrogens (tertiary/aromatic N) is 7. The molecule has 2 aromatic carbocycles. The number of amides is 1. The first-order chi connectivity index (χ1) is 16.1. The molecule has 11 heteroatoms. The number of rotatable bonds is 4. The van der Waals surface area contributed by atoms with Gasteiger partial charge in [0, 0.05) is 11.7 Å². The number of carbonyl (C=O) groups excluding carboxylic acids is 1. The number of tetrazole rings is 1. The molecule has 2 heterocycles. The van der Waals surface area contributed by atoms with E-state index in [4.69, 9.17) is 4.74 Å². The highest BCUT2D eigenvalue weighted by atomic mass is 32.1. The molecule has 33 heavy (non-hydrogen) atoms. The predicted octanol–water partition coefficient (Wildman–Crippen LogP) is 3.56. The van der Waals surface area contributed by atoms with Gasteiger partial charge in [0.2, 0.25) is 0 Å². The number of hydrogen-bond acceptors (Lipinski definition) is 8. The third-order valence-corrected chi connectivity index (χ3v) is 6.60. The fourth-order valence-corrected chi connectivity index (χ4v) is 4.96. The number of carbonyl (C=O) groups is 1. The van der Waals surface area contributed by atoms with E-state index in [9.17, 15) is 9.59 Å². The van der Waals surface area contributed by atoms with Gasteiger partial charge in [-0.25, -0.2) is 9.59 Å². The zero-order valence-electron chi connectivity index (χ0n) is 18.3. The van der Waals surface area contributed by atoms with Gasteiger partial charge in [-0.2, -0.15) is 13.4 Å². The first kappa shape index (κ1) is 21.3. The van der Waals surface area contributed by atoms with Gasteiger partial charge in [-0.15, -0.1) is 4.68 Å². The summed E-state index contributed by atoms with van der Waals surface area (Å²) in [5.41, 5.74) is 2.60. The standard InChI is InChI=1S/C22H23N7O3S/c1-14-13-16(11-12-19(14)32-2)27(15-7-4-3-5-8-15)21(30)29-22(31)28(25-26-29)18-10-6-9-17-20(18)24-33-23-17/h6,9-13,15H,3-5,7-8H2,1-2H3. The number of aromatic nitrogens is 6. The minimum atomic E-state index is -0.647. The van der Waals surface area contributed by atoms with E-state index in [-0.39, 0.29) is 6.04 Å². The maximum atomic E-state index is 13.7. The second kappa shape index (κ2) is 8.74. The molecule has 0 atom stereocenters. The Morgan fingerprint density at radius 1 is 1.12 bits per heavy atom. The molecule has 0 N–H and O–H groups in total. The van der Waals surface area contributed by atoms with Gasteiger partial charge in [0.05, 0.1) is 18.8 Å². The van der Waals surface area contributed by atoms with Crippen LogP contribution in [0.2, 0.25) is 0 Å². The highest BCUT2D eigenvalue weighted by Crippen LogP contribution is 2.31. The SMILES string of the molecule is COc1ccc(N(C(=O)n2nnn(-c3cccc4nsnc34)c2=O)C2CCCCC2)cc1C. The van der Waals surface area contributed by atoms with Crippen molar-refractivity contribution < 1.29 is 9.53 Å². The third kappa shape index (κ3) is 3.78. The average molecular weight is 466 g/mol. The molecule has 0 radical (unpaired) electrons. The molecule has 170 valence electrons. The monoisotopic (exact) mass is 465 g/mol. The van der Waals surface area contributed by atoms with Crippen molar-refractivity contribution in [2.45, 2.75) is 45.1 Å². The second-order valence-electron chi connectivity index (χ2n) is 8.09. The molecular weight excluding hydrogens is 442 g/mol. The molecular formula is C22H23N7O3S. The molecule has 0 spiro atoms. The topological polar surface area (TPSA) is 108 Å². The molecule has 1 aliphatic carbocycles. The van der Waals surface area contributed by atoms with E-state index in [0.29, 0.717) is 22.4 Å². The molecule has 5 rings (SSSR count). The van der Waals surface area contributed by atoms with Gasteiger partial charge in [-0.3, -0.25) is 4.90 Å². The van der Waals surface area contributed by atoms with Crippen LogP contribution in [0.25, 0.3) is 16.7 Å². The fraction of sp³-hybridized carbons (Fsp3) is 0.364. The molecule has 1 aliphatic rings. The van der Waals surface area contributed by atoms with Crippen molar-refractivity contribution in [3.05, 3.63) is 52.4 Å². The molecule has 1 saturated carbocycles. The van der Waals surface area contributed by atoms with E-state index in [1.54, 1.807) is 30.2 Å². The number of fused-ring (bicyclic) bond motifs is 1. The van der Waals surface area contributed by atoms with Crippen LogP contribution < -0.4 is 15.3 Å². The Kier molecular flexibility index (Phi) is 5.63. The maximum Gasteiger partial charge on any atom is 0.377 e. The van der Waals surface area contributed by atoms with Gasteiger partial charge in [0.1, 0.15) is 22.5 Å². The quantitative estimate of drug-likeness (QED) is 0.424. The smallest absolute Gasteiger partial charge is 0.377 e. The van der Waals surface area contributed by atoms with Gasteiger partial charge in [0.15, 0.2) is 0 Å². The summed E-state index contributed by atoms with van der Waals surface area (Å²) in [5, 5.41) is 7.93. The Morgan fingerprint density at radius 3 is 2.70 bits per heavy atom. The van der Waals surface area contributed by atoms with Crippen LogP contribution in [0, 0.1) is 6.92 Å². The zero-order chi connectivity index (χ0) is 22.9. The molecule has 10 nitrogen and oxygen atoms in total. The lowest BCUT2D eigenvalue weighted by Gasteiger charge is -2.34. The Labute approximate surface area is 193 Å². The summed E-state index contributed by atoms with van der Waals surface area (Å²) in [4.78, 5) is 28.6. The van der Waals surface area contributed by atoms with Crippen molar-refractivity contribution >= 4 is 34.5 Å². The van der Waals surface area contributed by atoms with Crippen LogP contribution >= 0.6 is 11.7 Å². The second-order valence-corrected chi connectivity index (χ2v) is 8.62. The van der Waals surface area contributed by atoms with Gasteiger partial charge >= 0.3 is 11.7 Å². The van der Waals surface area contributed by atoms with Crippen molar-refractivity contribution in [3.8, 4) is 11.4 Å². The van der Waals surface area contributed by atoms with Crippen LogP contribution in [0.4, 0.5) is 10.5 Å². The Balaban J connectivity index is 1.57. The lowest BCUT2D eigenvalue weighted by molar-refractivity contribution is 0.238. The summed E-state index contributed by atoms with van der Waals surface area (Å²) in [7, 11) is 1.61. The summed E-state index contributed by atoms with van der Waals surface area (Å²) in [6.07, 6.45) is 4.93. The fourth-order valence-electron chi connectivity index (χ4n) is 4.41. The number of hydrogen-bond donors (Lipinski definition) is 0. The van der Waals surface area contributed by atoms with Crippen molar-refractivity contribution in [2.75, 3.05) is 12.0 Å². The third-order valence-electron chi connectivity index (χ3n) is 6.06. The molecule has 0 saturated heterocycles. The van der Waals surface area contributed by atoms with E-state index < -0.39 is 11.7 Å². The van der Waals surface area contributed by atoms with E-state index in [1.807, 2.05) is 25.1 Å². The van der Waals surface area contributed by atoms with Gasteiger partial charge < -0.3 is 4.74 Å². The van der Waals surface area contributed by atoms with E-state index in [1.165, 1.54) is 0 Å². The van der Waals surface area contributed by atoms with Crippen LogP contribution in [0.15, 0.2) is 41.2 Å². The molecule has 2 aromatic heterocycles. The Hall–Kier alpha value is -3.60. The van der Waals surface area contributed by atoms with Crippen LogP contribution in [-0.4, -0.2) is 47.7 Å². The Morgan fingerprint density at radius 2 is 1.94 bits per heavy atom. The molecule has 4 aromatic rings. The first-order valence-corrected chi connectivity index (χ1v) is 11.6. The highest BCUT2D eigenvalue weighted by molar-refractivity contribution is 7.00.